The van der Waals surface area contributed by atoms with Gasteiger partial charge in [0.2, 0.25) is 0 Å². The van der Waals surface area contributed by atoms with E-state index in [9.17, 15) is 0 Å². The van der Waals surface area contributed by atoms with E-state index in [2.05, 4.69) is 328 Å². The molecule has 2 heteroatoms. The molecular weight excluding hydrogens is 1060 g/mol. The minimum Gasteiger partial charge on any atom is -0.455 e. The summed E-state index contributed by atoms with van der Waals surface area (Å²) in [6, 6.07) is 118. The molecule has 0 spiro atoms. The molecular formula is C86H54O2. The predicted octanol–water partition coefficient (Wildman–Crippen LogP) is 24.6. The summed E-state index contributed by atoms with van der Waals surface area (Å²) in [5.74, 6) is 0. The number of benzene rings is 16. The van der Waals surface area contributed by atoms with Gasteiger partial charge in [-0.1, -0.05) is 297 Å². The molecule has 0 saturated heterocycles. The van der Waals surface area contributed by atoms with Crippen LogP contribution in [0.15, 0.2) is 336 Å². The molecule has 18 rings (SSSR count). The highest BCUT2D eigenvalue weighted by molar-refractivity contribution is 6.24. The average Bonchev–Trinajstić information content (AvgIpc) is 1.13. The first-order valence-corrected chi connectivity index (χ1v) is 30.2. The number of fused-ring (bicyclic) bond motifs is 11. The molecule has 0 radical (unpaired) electrons. The van der Waals surface area contributed by atoms with Gasteiger partial charge in [-0.25, -0.2) is 0 Å². The molecule has 2 heterocycles. The highest BCUT2D eigenvalue weighted by Gasteiger charge is 2.21. The third-order valence-corrected chi connectivity index (χ3v) is 17.9. The van der Waals surface area contributed by atoms with Crippen LogP contribution in [0.25, 0.3) is 176 Å². The summed E-state index contributed by atoms with van der Waals surface area (Å²) in [5.41, 5.74) is 20.5. The molecule has 16 aromatic carbocycles. The Morgan fingerprint density at radius 1 is 0.159 bits per heavy atom. The maximum absolute atomic E-state index is 6.60. The molecule has 0 atom stereocenters. The fraction of sp³-hybridized carbons (Fsp3) is 0. The lowest BCUT2D eigenvalue weighted by atomic mass is 9.86. The lowest BCUT2D eigenvalue weighted by Crippen LogP contribution is -1.90. The third-order valence-electron chi connectivity index (χ3n) is 17.9. The fourth-order valence-electron chi connectivity index (χ4n) is 13.9. The van der Waals surface area contributed by atoms with E-state index in [1.165, 1.54) is 109 Å². The Balaban J connectivity index is 0.000000137. The predicted molar refractivity (Wildman–Crippen MR) is 373 cm³/mol. The standard InChI is InChI=1S/C44H28O.C42H26O/c1-3-12-29(13-4-1)30-22-24-31(25-23-30)34-20-11-21-39-40-28-33(26-27-41(40)45-44(34)39)43-37-18-9-7-16-35(37)42(32-14-5-2-6-15-32)36-17-8-10-19-38(36)43;1-2-12-28(13-3-1)40-33-15-6-8-17-35(33)41(36-18-9-7-16-34(36)40)31-23-24-39-38(26-31)37-20-10-19-32(42(37)43-39)30-22-21-27-11-4-5-14-29(27)25-30/h1-28H;1-26H. The summed E-state index contributed by atoms with van der Waals surface area (Å²) >= 11 is 0. The molecule has 410 valence electrons. The summed E-state index contributed by atoms with van der Waals surface area (Å²) in [4.78, 5) is 0. The van der Waals surface area contributed by atoms with Crippen LogP contribution < -0.4 is 0 Å². The van der Waals surface area contributed by atoms with Crippen LogP contribution in [0, 0.1) is 0 Å². The Kier molecular flexibility index (Phi) is 12.3. The zero-order valence-electron chi connectivity index (χ0n) is 48.0. The van der Waals surface area contributed by atoms with Gasteiger partial charge in [-0.05, 0) is 151 Å². The second-order valence-corrected chi connectivity index (χ2v) is 22.9. The van der Waals surface area contributed by atoms with Gasteiger partial charge in [-0.2, -0.15) is 0 Å². The van der Waals surface area contributed by atoms with Crippen LogP contribution in [0.2, 0.25) is 0 Å². The van der Waals surface area contributed by atoms with E-state index >= 15 is 0 Å². The first-order valence-electron chi connectivity index (χ1n) is 30.2. The van der Waals surface area contributed by atoms with Crippen molar-refractivity contribution in [3.63, 3.8) is 0 Å². The molecule has 0 aliphatic rings. The smallest absolute Gasteiger partial charge is 0.143 e. The van der Waals surface area contributed by atoms with Gasteiger partial charge in [0, 0.05) is 32.7 Å². The van der Waals surface area contributed by atoms with Crippen LogP contribution in [0.4, 0.5) is 0 Å². The third kappa shape index (κ3) is 8.56. The number of furan rings is 2. The van der Waals surface area contributed by atoms with E-state index < -0.39 is 0 Å². The van der Waals surface area contributed by atoms with Gasteiger partial charge in [0.1, 0.15) is 22.3 Å². The van der Waals surface area contributed by atoms with Crippen molar-refractivity contribution >= 4 is 97.7 Å². The van der Waals surface area contributed by atoms with Crippen molar-refractivity contribution in [2.45, 2.75) is 0 Å². The molecule has 0 N–H and O–H groups in total. The van der Waals surface area contributed by atoms with Gasteiger partial charge >= 0.3 is 0 Å². The normalized spacial score (nSPS) is 11.6. The molecule has 18 aromatic rings. The number of rotatable bonds is 7. The monoisotopic (exact) mass is 1120 g/mol. The first-order chi connectivity index (χ1) is 43.7. The minimum absolute atomic E-state index is 0.900. The Hall–Kier alpha value is -11.6. The lowest BCUT2D eigenvalue weighted by Gasteiger charge is -2.17. The highest BCUT2D eigenvalue weighted by Crippen LogP contribution is 2.48. The maximum atomic E-state index is 6.60. The van der Waals surface area contributed by atoms with E-state index in [0.29, 0.717) is 0 Å². The van der Waals surface area contributed by atoms with Crippen molar-refractivity contribution in [3.8, 4) is 77.9 Å². The quantitative estimate of drug-likeness (QED) is 0.149. The lowest BCUT2D eigenvalue weighted by molar-refractivity contribution is 0.669. The first kappa shape index (κ1) is 50.9. The van der Waals surface area contributed by atoms with Crippen molar-refractivity contribution < 1.29 is 8.83 Å². The van der Waals surface area contributed by atoms with Crippen LogP contribution in [-0.4, -0.2) is 0 Å². The second kappa shape index (κ2) is 21.2. The molecule has 0 bridgehead atoms. The summed E-state index contributed by atoms with van der Waals surface area (Å²) in [6.45, 7) is 0. The molecule has 88 heavy (non-hydrogen) atoms. The van der Waals surface area contributed by atoms with Gasteiger partial charge < -0.3 is 8.83 Å². The van der Waals surface area contributed by atoms with E-state index in [-0.39, 0.29) is 0 Å². The molecule has 2 aromatic heterocycles. The topological polar surface area (TPSA) is 26.3 Å². The largest absolute Gasteiger partial charge is 0.455 e. The Morgan fingerprint density at radius 2 is 0.466 bits per heavy atom. The summed E-state index contributed by atoms with van der Waals surface area (Å²) < 4.78 is 13.2. The zero-order chi connectivity index (χ0) is 58.1. The van der Waals surface area contributed by atoms with E-state index in [4.69, 9.17) is 8.83 Å². The highest BCUT2D eigenvalue weighted by atomic mass is 16.3. The molecule has 0 unspecified atom stereocenters. The van der Waals surface area contributed by atoms with Crippen LogP contribution in [0.5, 0.6) is 0 Å². The van der Waals surface area contributed by atoms with E-state index in [1.807, 2.05) is 0 Å². The minimum atomic E-state index is 0.900. The SMILES string of the molecule is c1ccc(-c2c3ccccc3c(-c3ccc4oc5c(-c6ccc7ccccc7c6)cccc5c4c3)c3ccccc23)cc1.c1ccc(-c2ccc(-c3cccc4c3oc3ccc(-c5c6ccccc6c(-c6ccccc6)c6ccccc56)cc34)cc2)cc1. The van der Waals surface area contributed by atoms with Gasteiger partial charge in [-0.15, -0.1) is 0 Å². The second-order valence-electron chi connectivity index (χ2n) is 22.9. The average molecular weight is 1120 g/mol. The van der Waals surface area contributed by atoms with Gasteiger partial charge in [-0.3, -0.25) is 0 Å². The zero-order valence-corrected chi connectivity index (χ0v) is 48.0. The van der Waals surface area contributed by atoms with Crippen LogP contribution in [-0.2, 0) is 0 Å². The van der Waals surface area contributed by atoms with Gasteiger partial charge in [0.25, 0.3) is 0 Å². The molecule has 0 aliphatic carbocycles. The molecule has 0 amide bonds. The fourth-order valence-corrected chi connectivity index (χ4v) is 13.9. The molecule has 2 nitrogen and oxygen atoms in total. The van der Waals surface area contributed by atoms with Crippen LogP contribution >= 0.6 is 0 Å². The summed E-state index contributed by atoms with van der Waals surface area (Å²) in [7, 11) is 0. The van der Waals surface area contributed by atoms with Crippen molar-refractivity contribution in [3.05, 3.63) is 328 Å². The summed E-state index contributed by atoms with van der Waals surface area (Å²) in [5, 5.41) is 17.1. The van der Waals surface area contributed by atoms with Crippen molar-refractivity contribution in [2.75, 3.05) is 0 Å². The summed E-state index contributed by atoms with van der Waals surface area (Å²) in [6.07, 6.45) is 0. The van der Waals surface area contributed by atoms with Crippen molar-refractivity contribution in [2.24, 2.45) is 0 Å². The van der Waals surface area contributed by atoms with Gasteiger partial charge in [0.05, 0.1) is 0 Å². The maximum Gasteiger partial charge on any atom is 0.143 e. The Bertz CT molecular complexity index is 5600. The number of hydrogen-bond acceptors (Lipinski definition) is 2. The van der Waals surface area contributed by atoms with E-state index in [0.717, 1.165) is 66.1 Å². The number of hydrogen-bond donors (Lipinski definition) is 0. The van der Waals surface area contributed by atoms with Gasteiger partial charge in [0.15, 0.2) is 0 Å². The number of para-hydroxylation sites is 2. The molecule has 0 saturated carbocycles. The molecule has 0 aliphatic heterocycles. The van der Waals surface area contributed by atoms with Crippen LogP contribution in [0.3, 0.4) is 0 Å². The van der Waals surface area contributed by atoms with E-state index in [1.54, 1.807) is 0 Å². The van der Waals surface area contributed by atoms with Crippen molar-refractivity contribution in [1.82, 2.24) is 0 Å². The van der Waals surface area contributed by atoms with Crippen LogP contribution in [0.1, 0.15) is 0 Å². The molecule has 0 fully saturated rings. The Morgan fingerprint density at radius 3 is 0.898 bits per heavy atom. The van der Waals surface area contributed by atoms with Crippen molar-refractivity contribution in [1.29, 1.82) is 0 Å². The Labute approximate surface area is 509 Å².